The van der Waals surface area contributed by atoms with Crippen LogP contribution in [-0.4, -0.2) is 18.8 Å². The number of carbonyl (C=O) groups is 2. The molecule has 2 aromatic rings. The van der Waals surface area contributed by atoms with E-state index in [4.69, 9.17) is 4.74 Å². The van der Waals surface area contributed by atoms with Gasteiger partial charge in [-0.3, -0.25) is 9.59 Å². The van der Waals surface area contributed by atoms with Crippen LogP contribution >= 0.6 is 0 Å². The van der Waals surface area contributed by atoms with Gasteiger partial charge in [-0.15, -0.1) is 0 Å². The van der Waals surface area contributed by atoms with E-state index < -0.39 is 11.7 Å². The third kappa shape index (κ3) is 3.69. The summed E-state index contributed by atoms with van der Waals surface area (Å²) in [5.41, 5.74) is 1.03. The van der Waals surface area contributed by atoms with Crippen molar-refractivity contribution in [3.05, 3.63) is 65.0 Å². The fraction of sp³-hybridized carbons (Fsp3) is 0.176. The van der Waals surface area contributed by atoms with E-state index in [2.05, 4.69) is 5.32 Å². The lowest BCUT2D eigenvalue weighted by atomic mass is 10.1. The molecule has 0 saturated carbocycles. The molecule has 22 heavy (non-hydrogen) atoms. The first-order valence-electron chi connectivity index (χ1n) is 6.73. The predicted octanol–water partition coefficient (Wildman–Crippen LogP) is 2.97. The van der Waals surface area contributed by atoms with Gasteiger partial charge >= 0.3 is 0 Å². The molecule has 0 unspecified atom stereocenters. The minimum absolute atomic E-state index is 0.0847. The molecule has 2 rings (SSSR count). The molecule has 0 bridgehead atoms. The van der Waals surface area contributed by atoms with Crippen molar-refractivity contribution in [2.45, 2.75) is 13.5 Å². The van der Waals surface area contributed by atoms with E-state index in [0.717, 1.165) is 17.4 Å². The number of amides is 1. The molecular formula is C17H16FNO3. The summed E-state index contributed by atoms with van der Waals surface area (Å²) in [7, 11) is 1.57. The third-order valence-corrected chi connectivity index (χ3v) is 3.23. The number of nitrogens with one attached hydrogen (secondary N) is 1. The molecule has 0 aliphatic carbocycles. The molecule has 0 fully saturated rings. The van der Waals surface area contributed by atoms with Crippen molar-refractivity contribution in [2.75, 3.05) is 7.11 Å². The van der Waals surface area contributed by atoms with Gasteiger partial charge in [0.05, 0.1) is 12.7 Å². The van der Waals surface area contributed by atoms with Gasteiger partial charge in [0.15, 0.2) is 5.78 Å². The normalized spacial score (nSPS) is 10.1. The molecule has 0 spiro atoms. The number of carbonyl (C=O) groups excluding carboxylic acids is 2. The molecule has 0 aromatic heterocycles. The zero-order chi connectivity index (χ0) is 16.1. The molecule has 0 atom stereocenters. The lowest BCUT2D eigenvalue weighted by Crippen LogP contribution is -2.24. The van der Waals surface area contributed by atoms with Crippen LogP contribution in [0, 0.1) is 5.82 Å². The van der Waals surface area contributed by atoms with Crippen molar-refractivity contribution in [1.29, 1.82) is 0 Å². The van der Waals surface area contributed by atoms with Crippen LogP contribution in [0.25, 0.3) is 0 Å². The number of rotatable bonds is 5. The molecule has 0 aliphatic heterocycles. The summed E-state index contributed by atoms with van der Waals surface area (Å²) in [5.74, 6) is -0.756. The molecule has 5 heteroatoms. The molecule has 1 N–H and O–H groups in total. The van der Waals surface area contributed by atoms with Crippen LogP contribution in [0.4, 0.5) is 4.39 Å². The largest absolute Gasteiger partial charge is 0.497 e. The second kappa shape index (κ2) is 6.85. The summed E-state index contributed by atoms with van der Waals surface area (Å²) in [6, 6.07) is 11.0. The molecular weight excluding hydrogens is 285 g/mol. The number of ether oxygens (including phenoxy) is 1. The van der Waals surface area contributed by atoms with Crippen LogP contribution < -0.4 is 10.1 Å². The molecule has 114 valence electrons. The first kappa shape index (κ1) is 15.7. The molecule has 0 aliphatic rings. The average molecular weight is 301 g/mol. The van der Waals surface area contributed by atoms with Gasteiger partial charge in [-0.05, 0) is 36.8 Å². The SMILES string of the molecule is COc1ccc(CNC(=O)c2ccc(C(C)=O)cc2F)cc1. The van der Waals surface area contributed by atoms with Crippen molar-refractivity contribution in [3.8, 4) is 5.75 Å². The monoisotopic (exact) mass is 301 g/mol. The van der Waals surface area contributed by atoms with Crippen LogP contribution in [-0.2, 0) is 6.54 Å². The number of hydrogen-bond acceptors (Lipinski definition) is 3. The molecule has 0 saturated heterocycles. The third-order valence-electron chi connectivity index (χ3n) is 3.23. The summed E-state index contributed by atoms with van der Waals surface area (Å²) in [6.45, 7) is 1.62. The average Bonchev–Trinajstić information content (AvgIpc) is 2.52. The highest BCUT2D eigenvalue weighted by Crippen LogP contribution is 2.13. The van der Waals surface area contributed by atoms with Crippen LogP contribution in [0.2, 0.25) is 0 Å². The number of halogens is 1. The van der Waals surface area contributed by atoms with E-state index in [1.54, 1.807) is 19.2 Å². The maximum Gasteiger partial charge on any atom is 0.254 e. The Morgan fingerprint density at radius 1 is 1.14 bits per heavy atom. The van der Waals surface area contributed by atoms with Crippen molar-refractivity contribution in [1.82, 2.24) is 5.32 Å². The highest BCUT2D eigenvalue weighted by Gasteiger charge is 2.13. The van der Waals surface area contributed by atoms with Gasteiger partial charge in [-0.2, -0.15) is 0 Å². The summed E-state index contributed by atoms with van der Waals surface area (Å²) in [4.78, 5) is 23.1. The maximum absolute atomic E-state index is 13.9. The second-order valence-electron chi connectivity index (χ2n) is 4.78. The van der Waals surface area contributed by atoms with Crippen LogP contribution in [0.5, 0.6) is 5.75 Å². The van der Waals surface area contributed by atoms with E-state index in [9.17, 15) is 14.0 Å². The number of Topliss-reactive ketones (excluding diaryl/α,β-unsaturated/α-hetero) is 1. The summed E-state index contributed by atoms with van der Waals surface area (Å²) < 4.78 is 18.9. The Balaban J connectivity index is 2.04. The van der Waals surface area contributed by atoms with E-state index in [-0.39, 0.29) is 23.5 Å². The van der Waals surface area contributed by atoms with Gasteiger partial charge in [0.25, 0.3) is 5.91 Å². The van der Waals surface area contributed by atoms with Gasteiger partial charge in [-0.1, -0.05) is 18.2 Å². The second-order valence-corrected chi connectivity index (χ2v) is 4.78. The smallest absolute Gasteiger partial charge is 0.254 e. The van der Waals surface area contributed by atoms with Crippen molar-refractivity contribution >= 4 is 11.7 Å². The van der Waals surface area contributed by atoms with Gasteiger partial charge in [0.1, 0.15) is 11.6 Å². The van der Waals surface area contributed by atoms with E-state index in [0.29, 0.717) is 0 Å². The zero-order valence-corrected chi connectivity index (χ0v) is 12.4. The van der Waals surface area contributed by atoms with Crippen LogP contribution in [0.15, 0.2) is 42.5 Å². The van der Waals surface area contributed by atoms with Crippen LogP contribution in [0.3, 0.4) is 0 Å². The van der Waals surface area contributed by atoms with Crippen molar-refractivity contribution in [2.24, 2.45) is 0 Å². The van der Waals surface area contributed by atoms with Gasteiger partial charge in [-0.25, -0.2) is 4.39 Å². The Bertz CT molecular complexity index is 696. The van der Waals surface area contributed by atoms with E-state index in [1.807, 2.05) is 12.1 Å². The van der Waals surface area contributed by atoms with E-state index >= 15 is 0 Å². The molecule has 0 radical (unpaired) electrons. The standard InChI is InChI=1S/C17H16FNO3/c1-11(20)13-5-8-15(16(18)9-13)17(21)19-10-12-3-6-14(22-2)7-4-12/h3-9H,10H2,1-2H3,(H,19,21). The van der Waals surface area contributed by atoms with Gasteiger partial charge < -0.3 is 10.1 Å². The number of methoxy groups -OCH3 is 1. The quantitative estimate of drug-likeness (QED) is 0.864. The molecule has 4 nitrogen and oxygen atoms in total. The first-order valence-corrected chi connectivity index (χ1v) is 6.73. The van der Waals surface area contributed by atoms with Crippen LogP contribution in [0.1, 0.15) is 33.2 Å². The van der Waals surface area contributed by atoms with Gasteiger partial charge in [0, 0.05) is 12.1 Å². The zero-order valence-electron chi connectivity index (χ0n) is 12.4. The number of hydrogen-bond donors (Lipinski definition) is 1. The first-order chi connectivity index (χ1) is 10.5. The minimum Gasteiger partial charge on any atom is -0.497 e. The Kier molecular flexibility index (Phi) is 4.88. The Morgan fingerprint density at radius 3 is 2.36 bits per heavy atom. The highest BCUT2D eigenvalue weighted by molar-refractivity contribution is 5.97. The lowest BCUT2D eigenvalue weighted by Gasteiger charge is -2.08. The highest BCUT2D eigenvalue weighted by atomic mass is 19.1. The summed E-state index contributed by atoms with van der Waals surface area (Å²) >= 11 is 0. The summed E-state index contributed by atoms with van der Waals surface area (Å²) in [5, 5.41) is 2.64. The number of benzene rings is 2. The fourth-order valence-corrected chi connectivity index (χ4v) is 1.94. The lowest BCUT2D eigenvalue weighted by molar-refractivity contribution is 0.0944. The van der Waals surface area contributed by atoms with Crippen molar-refractivity contribution < 1.29 is 18.7 Å². The predicted molar refractivity (Wildman–Crippen MR) is 80.6 cm³/mol. The van der Waals surface area contributed by atoms with Gasteiger partial charge in [0.2, 0.25) is 0 Å². The topological polar surface area (TPSA) is 55.4 Å². The summed E-state index contributed by atoms with van der Waals surface area (Å²) in [6.07, 6.45) is 0. The molecule has 1 amide bonds. The number of ketones is 1. The maximum atomic E-state index is 13.9. The van der Waals surface area contributed by atoms with E-state index in [1.165, 1.54) is 19.1 Å². The Labute approximate surface area is 127 Å². The Morgan fingerprint density at radius 2 is 1.82 bits per heavy atom. The Hall–Kier alpha value is -2.69. The fourth-order valence-electron chi connectivity index (χ4n) is 1.94. The molecule has 0 heterocycles. The molecule has 2 aromatic carbocycles. The minimum atomic E-state index is -0.708. The van der Waals surface area contributed by atoms with Crippen molar-refractivity contribution in [3.63, 3.8) is 0 Å².